The molecule has 1 aliphatic heterocycles. The van der Waals surface area contributed by atoms with Gasteiger partial charge in [0, 0.05) is 13.1 Å². The lowest BCUT2D eigenvalue weighted by Crippen LogP contribution is -2.50. The molecule has 0 aromatic rings. The summed E-state index contributed by atoms with van der Waals surface area (Å²) in [5.74, 6) is 1.06. The topological polar surface area (TPSA) is 83.9 Å². The average molecular weight is 317 g/mol. The minimum absolute atomic E-state index is 0.175. The third-order valence-electron chi connectivity index (χ3n) is 4.65. The number of likely N-dealkylation sites (tertiary alicyclic amines) is 1. The standard InChI is InChI=1S/C14H23NO5S/c1-2-20-14(16)15-9-11-5-3-6-12(10-15)13(11)7-4-8-21(17,18)19/h2,11-13H,1,3-10H2,(H,17,18,19). The molecule has 0 aromatic carbocycles. The van der Waals surface area contributed by atoms with Gasteiger partial charge in [0.2, 0.25) is 0 Å². The number of carbonyl (C=O) groups excluding carboxylic acids is 1. The van der Waals surface area contributed by atoms with Gasteiger partial charge >= 0.3 is 6.09 Å². The fourth-order valence-corrected chi connectivity index (χ4v) is 4.35. The molecule has 21 heavy (non-hydrogen) atoms. The van der Waals surface area contributed by atoms with Crippen molar-refractivity contribution in [1.29, 1.82) is 0 Å². The Morgan fingerprint density at radius 1 is 1.33 bits per heavy atom. The third kappa shape index (κ3) is 4.44. The minimum Gasteiger partial charge on any atom is -0.419 e. The summed E-state index contributed by atoms with van der Waals surface area (Å²) in [6, 6.07) is 0. The molecule has 7 heteroatoms. The second-order valence-electron chi connectivity index (χ2n) is 6.00. The second-order valence-corrected chi connectivity index (χ2v) is 7.57. The highest BCUT2D eigenvalue weighted by molar-refractivity contribution is 7.85. The molecule has 1 amide bonds. The highest BCUT2D eigenvalue weighted by atomic mass is 32.2. The van der Waals surface area contributed by atoms with Crippen molar-refractivity contribution in [1.82, 2.24) is 4.90 Å². The summed E-state index contributed by atoms with van der Waals surface area (Å²) in [5, 5.41) is 0. The van der Waals surface area contributed by atoms with Crippen LogP contribution in [0.1, 0.15) is 32.1 Å². The van der Waals surface area contributed by atoms with Crippen LogP contribution in [-0.2, 0) is 14.9 Å². The van der Waals surface area contributed by atoms with E-state index in [-0.39, 0.29) is 11.8 Å². The first-order chi connectivity index (χ1) is 9.90. The Morgan fingerprint density at radius 2 is 1.95 bits per heavy atom. The van der Waals surface area contributed by atoms with Crippen molar-refractivity contribution >= 4 is 16.2 Å². The zero-order valence-electron chi connectivity index (χ0n) is 12.1. The van der Waals surface area contributed by atoms with Gasteiger partial charge in [-0.2, -0.15) is 8.42 Å². The van der Waals surface area contributed by atoms with Gasteiger partial charge in [-0.15, -0.1) is 0 Å². The van der Waals surface area contributed by atoms with Gasteiger partial charge in [0.1, 0.15) is 0 Å². The molecule has 2 rings (SSSR count). The monoisotopic (exact) mass is 317 g/mol. The Labute approximate surface area is 125 Å². The van der Waals surface area contributed by atoms with E-state index >= 15 is 0 Å². The van der Waals surface area contributed by atoms with Gasteiger partial charge in [-0.05, 0) is 43.4 Å². The van der Waals surface area contributed by atoms with Gasteiger partial charge in [0.15, 0.2) is 0 Å². The first-order valence-electron chi connectivity index (χ1n) is 7.42. The van der Waals surface area contributed by atoms with Crippen molar-refractivity contribution < 1.29 is 22.5 Å². The van der Waals surface area contributed by atoms with Crippen molar-refractivity contribution in [3.63, 3.8) is 0 Å². The molecule has 1 aliphatic carbocycles. The van der Waals surface area contributed by atoms with Crippen LogP contribution in [0, 0.1) is 17.8 Å². The molecule has 1 saturated heterocycles. The summed E-state index contributed by atoms with van der Waals surface area (Å²) < 4.78 is 35.3. The van der Waals surface area contributed by atoms with Crippen LogP contribution in [0.3, 0.4) is 0 Å². The summed E-state index contributed by atoms with van der Waals surface area (Å²) >= 11 is 0. The number of carbonyl (C=O) groups is 1. The van der Waals surface area contributed by atoms with E-state index in [1.807, 2.05) is 0 Å². The molecule has 2 bridgehead atoms. The Kier molecular flexibility index (Phi) is 5.27. The number of ether oxygens (including phenoxy) is 1. The second kappa shape index (κ2) is 6.79. The van der Waals surface area contributed by atoms with Crippen molar-refractivity contribution in [3.05, 3.63) is 12.8 Å². The fraction of sp³-hybridized carbons (Fsp3) is 0.786. The molecule has 2 atom stereocenters. The van der Waals surface area contributed by atoms with Crippen LogP contribution in [0.25, 0.3) is 0 Å². The zero-order valence-corrected chi connectivity index (χ0v) is 12.9. The fourth-order valence-electron chi connectivity index (χ4n) is 3.82. The van der Waals surface area contributed by atoms with Gasteiger partial charge in [-0.3, -0.25) is 4.55 Å². The molecule has 0 spiro atoms. The maximum absolute atomic E-state index is 11.8. The van der Waals surface area contributed by atoms with Crippen LogP contribution < -0.4 is 0 Å². The van der Waals surface area contributed by atoms with E-state index in [9.17, 15) is 13.2 Å². The van der Waals surface area contributed by atoms with Crippen LogP contribution in [0.2, 0.25) is 0 Å². The van der Waals surface area contributed by atoms with Crippen molar-refractivity contribution in [2.75, 3.05) is 18.8 Å². The summed E-state index contributed by atoms with van der Waals surface area (Å²) in [5.41, 5.74) is 0. The molecule has 0 radical (unpaired) electrons. The Hall–Kier alpha value is -1.08. The van der Waals surface area contributed by atoms with E-state index in [0.717, 1.165) is 31.9 Å². The molecular weight excluding hydrogens is 294 g/mol. The Bertz CT molecular complexity index is 476. The van der Waals surface area contributed by atoms with Crippen LogP contribution in [0.5, 0.6) is 0 Å². The summed E-state index contributed by atoms with van der Waals surface area (Å²) in [6.07, 6.45) is 5.35. The quantitative estimate of drug-likeness (QED) is 0.621. The van der Waals surface area contributed by atoms with E-state index in [4.69, 9.17) is 9.29 Å². The normalized spacial score (nSPS) is 29.0. The van der Waals surface area contributed by atoms with Crippen LogP contribution in [0.15, 0.2) is 12.8 Å². The number of nitrogens with zero attached hydrogens (tertiary/aromatic N) is 1. The summed E-state index contributed by atoms with van der Waals surface area (Å²) in [6.45, 7) is 4.73. The Morgan fingerprint density at radius 3 is 2.48 bits per heavy atom. The molecule has 6 nitrogen and oxygen atoms in total. The lowest BCUT2D eigenvalue weighted by Gasteiger charge is -2.47. The first-order valence-corrected chi connectivity index (χ1v) is 9.03. The Balaban J connectivity index is 1.93. The molecule has 1 N–H and O–H groups in total. The van der Waals surface area contributed by atoms with Crippen LogP contribution >= 0.6 is 0 Å². The highest BCUT2D eigenvalue weighted by Gasteiger charge is 2.40. The molecule has 120 valence electrons. The third-order valence-corrected chi connectivity index (χ3v) is 5.46. The van der Waals surface area contributed by atoms with Crippen LogP contribution in [0.4, 0.5) is 4.79 Å². The number of hydrogen-bond donors (Lipinski definition) is 1. The summed E-state index contributed by atoms with van der Waals surface area (Å²) in [7, 11) is -3.88. The zero-order chi connectivity index (χ0) is 15.5. The first kappa shape index (κ1) is 16.3. The molecule has 2 unspecified atom stereocenters. The van der Waals surface area contributed by atoms with Gasteiger partial charge < -0.3 is 9.64 Å². The lowest BCUT2D eigenvalue weighted by molar-refractivity contribution is 0.0211. The maximum Gasteiger partial charge on any atom is 0.414 e. The molecule has 1 heterocycles. The smallest absolute Gasteiger partial charge is 0.414 e. The molecule has 0 aromatic heterocycles. The van der Waals surface area contributed by atoms with Gasteiger partial charge in [0.25, 0.3) is 10.1 Å². The molecule has 1 saturated carbocycles. The average Bonchev–Trinajstić information content (AvgIpc) is 2.36. The molecular formula is C14H23NO5S. The van der Waals surface area contributed by atoms with Crippen molar-refractivity contribution in [3.8, 4) is 0 Å². The van der Waals surface area contributed by atoms with E-state index in [0.29, 0.717) is 37.3 Å². The SMILES string of the molecule is C=COC(=O)N1CC2CCCC(C1)C2CCCS(=O)(=O)O. The van der Waals surface area contributed by atoms with E-state index in [1.54, 1.807) is 4.90 Å². The van der Waals surface area contributed by atoms with Crippen molar-refractivity contribution in [2.24, 2.45) is 17.8 Å². The van der Waals surface area contributed by atoms with Gasteiger partial charge in [0.05, 0.1) is 12.0 Å². The van der Waals surface area contributed by atoms with E-state index < -0.39 is 10.1 Å². The predicted octanol–water partition coefficient (Wildman–Crippen LogP) is 2.28. The molecule has 2 aliphatic rings. The highest BCUT2D eigenvalue weighted by Crippen LogP contribution is 2.42. The summed E-state index contributed by atoms with van der Waals surface area (Å²) in [4.78, 5) is 13.5. The number of piperidine rings is 1. The largest absolute Gasteiger partial charge is 0.419 e. The maximum atomic E-state index is 11.8. The molecule has 2 fully saturated rings. The number of hydrogen-bond acceptors (Lipinski definition) is 4. The van der Waals surface area contributed by atoms with Gasteiger partial charge in [-0.1, -0.05) is 13.0 Å². The number of rotatable bonds is 5. The van der Waals surface area contributed by atoms with Crippen LogP contribution in [-0.4, -0.2) is 42.8 Å². The van der Waals surface area contributed by atoms with Gasteiger partial charge in [-0.25, -0.2) is 4.79 Å². The lowest BCUT2D eigenvalue weighted by atomic mass is 9.67. The predicted molar refractivity (Wildman–Crippen MR) is 78.2 cm³/mol. The van der Waals surface area contributed by atoms with Crippen molar-refractivity contribution in [2.45, 2.75) is 32.1 Å². The van der Waals surface area contributed by atoms with E-state index in [1.165, 1.54) is 0 Å². The number of fused-ring (bicyclic) bond motifs is 2. The van der Waals surface area contributed by atoms with E-state index in [2.05, 4.69) is 6.58 Å². The number of amides is 1. The minimum atomic E-state index is -3.88.